The first-order valence-corrected chi connectivity index (χ1v) is 9.25. The van der Waals surface area contributed by atoms with Gasteiger partial charge in [-0.05, 0) is 6.08 Å². The lowest BCUT2D eigenvalue weighted by Gasteiger charge is -2.43. The van der Waals surface area contributed by atoms with Gasteiger partial charge in [-0.15, -0.1) is 0 Å². The first-order valence-electron chi connectivity index (χ1n) is 9.25. The summed E-state index contributed by atoms with van der Waals surface area (Å²) in [4.78, 5) is 59.9. The molecule has 1 amide bonds. The van der Waals surface area contributed by atoms with Gasteiger partial charge in [0.15, 0.2) is 18.3 Å². The molecule has 174 valence electrons. The molecule has 1 N–H and O–H groups in total. The number of carbonyl (C=O) groups excluding carboxylic acids is 5. The number of hydrogen-bond acceptors (Lipinski definition) is 11. The van der Waals surface area contributed by atoms with Gasteiger partial charge in [0.05, 0.1) is 7.11 Å². The van der Waals surface area contributed by atoms with E-state index in [2.05, 4.69) is 4.74 Å². The van der Waals surface area contributed by atoms with E-state index in [1.54, 1.807) is 0 Å². The van der Waals surface area contributed by atoms with Crippen molar-refractivity contribution in [2.75, 3.05) is 20.8 Å². The highest BCUT2D eigenvalue weighted by molar-refractivity contribution is 5.86. The topological polar surface area (TPSA) is 155 Å². The van der Waals surface area contributed by atoms with Crippen molar-refractivity contribution in [2.45, 2.75) is 58.2 Å². The zero-order valence-corrected chi connectivity index (χ0v) is 18.1. The maximum atomic E-state index is 12.0. The van der Waals surface area contributed by atoms with E-state index in [-0.39, 0.29) is 0 Å². The molecule has 5 atom stereocenters. The summed E-state index contributed by atoms with van der Waals surface area (Å²) in [5.41, 5.74) is 0. The van der Waals surface area contributed by atoms with E-state index in [0.717, 1.165) is 38.9 Å². The van der Waals surface area contributed by atoms with E-state index in [4.69, 9.17) is 18.9 Å². The fourth-order valence-corrected chi connectivity index (χ4v) is 3.00. The summed E-state index contributed by atoms with van der Waals surface area (Å²) < 4.78 is 25.6. The minimum atomic E-state index is -1.48. The number of ether oxygens (including phenoxy) is 5. The fourth-order valence-electron chi connectivity index (χ4n) is 3.00. The zero-order chi connectivity index (χ0) is 23.9. The molecule has 0 saturated carbocycles. The second-order valence-corrected chi connectivity index (χ2v) is 6.74. The first-order chi connectivity index (χ1) is 14.4. The Labute approximate surface area is 179 Å². The Bertz CT molecular complexity index is 747. The molecule has 31 heavy (non-hydrogen) atoms. The van der Waals surface area contributed by atoms with Crippen molar-refractivity contribution in [2.24, 2.45) is 0 Å². The molecule has 1 heterocycles. The molecule has 0 unspecified atom stereocenters. The number of aliphatic hydroxyl groups is 1. The standard InChI is InChI=1S/C19H27NO11/c1-9(21)20(5)16-13(25)7-14(19(26)27-6)31-18(16)17(30-12(4)24)15(29-11(3)23)8-28-10(2)22/h7,13,15-18,25H,8H2,1-6H3/t13-,15-,16-,17-,18-/m1/s1. The lowest BCUT2D eigenvalue weighted by Crippen LogP contribution is -2.61. The van der Waals surface area contributed by atoms with Crippen molar-refractivity contribution in [3.8, 4) is 0 Å². The third-order valence-corrected chi connectivity index (χ3v) is 4.36. The summed E-state index contributed by atoms with van der Waals surface area (Å²) in [5.74, 6) is -4.11. The van der Waals surface area contributed by atoms with Gasteiger partial charge in [-0.2, -0.15) is 0 Å². The molecule has 0 aromatic heterocycles. The van der Waals surface area contributed by atoms with Crippen molar-refractivity contribution in [3.05, 3.63) is 11.8 Å². The van der Waals surface area contributed by atoms with Gasteiger partial charge in [-0.1, -0.05) is 0 Å². The number of carbonyl (C=O) groups is 5. The number of rotatable bonds is 8. The zero-order valence-electron chi connectivity index (χ0n) is 18.1. The van der Waals surface area contributed by atoms with Crippen LogP contribution in [-0.2, 0) is 47.7 Å². The Morgan fingerprint density at radius 2 is 1.65 bits per heavy atom. The number of methoxy groups -OCH3 is 1. The molecule has 0 aliphatic carbocycles. The Morgan fingerprint density at radius 1 is 1.06 bits per heavy atom. The molecule has 1 aliphatic heterocycles. The highest BCUT2D eigenvalue weighted by Gasteiger charge is 2.49. The number of hydrogen-bond donors (Lipinski definition) is 1. The highest BCUT2D eigenvalue weighted by atomic mass is 16.6. The van der Waals surface area contributed by atoms with Crippen LogP contribution < -0.4 is 0 Å². The van der Waals surface area contributed by atoms with E-state index >= 15 is 0 Å². The van der Waals surface area contributed by atoms with E-state index in [1.165, 1.54) is 14.0 Å². The van der Waals surface area contributed by atoms with Crippen LogP contribution in [0.5, 0.6) is 0 Å². The molecular weight excluding hydrogens is 418 g/mol. The third kappa shape index (κ3) is 7.24. The largest absolute Gasteiger partial charge is 0.477 e. The molecular formula is C19H27NO11. The van der Waals surface area contributed by atoms with Gasteiger partial charge in [0.25, 0.3) is 0 Å². The highest BCUT2D eigenvalue weighted by Crippen LogP contribution is 2.29. The van der Waals surface area contributed by atoms with Crippen LogP contribution in [0, 0.1) is 0 Å². The van der Waals surface area contributed by atoms with Gasteiger partial charge in [0, 0.05) is 34.7 Å². The summed E-state index contributed by atoms with van der Waals surface area (Å²) in [6.45, 7) is 3.99. The minimum Gasteiger partial charge on any atom is -0.477 e. The van der Waals surface area contributed by atoms with Crippen molar-refractivity contribution < 1.29 is 52.8 Å². The molecule has 0 bridgehead atoms. The summed E-state index contributed by atoms with van der Waals surface area (Å²) in [7, 11) is 2.45. The summed E-state index contributed by atoms with van der Waals surface area (Å²) in [6, 6.07) is -1.16. The SMILES string of the molecule is COC(=O)C1=C[C@@H](O)[C@@H](N(C)C(C)=O)[C@H]([C@H](OC(C)=O)[C@@H](COC(C)=O)OC(C)=O)O1. The normalized spacial score (nSPS) is 22.0. The molecule has 0 saturated heterocycles. The fraction of sp³-hybridized carbons (Fsp3) is 0.632. The van der Waals surface area contributed by atoms with Crippen LogP contribution in [0.15, 0.2) is 11.8 Å². The molecule has 0 spiro atoms. The van der Waals surface area contributed by atoms with Gasteiger partial charge in [-0.25, -0.2) is 4.79 Å². The number of esters is 4. The Kier molecular flexibility index (Phi) is 9.43. The maximum absolute atomic E-state index is 12.0. The molecule has 12 heteroatoms. The number of nitrogens with zero attached hydrogens (tertiary/aromatic N) is 1. The predicted octanol–water partition coefficient (Wildman–Crippen LogP) is -0.924. The van der Waals surface area contributed by atoms with Gasteiger partial charge in [0.1, 0.15) is 18.8 Å². The van der Waals surface area contributed by atoms with E-state index in [0.29, 0.717) is 0 Å². The van der Waals surface area contributed by atoms with Crippen LogP contribution in [0.1, 0.15) is 27.7 Å². The lowest BCUT2D eigenvalue weighted by atomic mass is 9.92. The molecule has 0 aromatic rings. The van der Waals surface area contributed by atoms with Crippen LogP contribution in [0.2, 0.25) is 0 Å². The maximum Gasteiger partial charge on any atom is 0.373 e. The molecule has 0 radical (unpaired) electrons. The summed E-state index contributed by atoms with van der Waals surface area (Å²) in [5, 5.41) is 10.6. The quantitative estimate of drug-likeness (QED) is 0.364. The van der Waals surface area contributed by atoms with Crippen molar-refractivity contribution >= 4 is 29.8 Å². The van der Waals surface area contributed by atoms with Crippen LogP contribution in [0.4, 0.5) is 0 Å². The molecule has 0 aromatic carbocycles. The smallest absolute Gasteiger partial charge is 0.373 e. The monoisotopic (exact) mass is 445 g/mol. The van der Waals surface area contributed by atoms with Crippen LogP contribution in [0.25, 0.3) is 0 Å². The number of amides is 1. The number of likely N-dealkylation sites (N-methyl/N-ethyl adjacent to an activating group) is 1. The van der Waals surface area contributed by atoms with Crippen LogP contribution in [0.3, 0.4) is 0 Å². The van der Waals surface area contributed by atoms with Gasteiger partial charge in [-0.3, -0.25) is 19.2 Å². The van der Waals surface area contributed by atoms with E-state index in [9.17, 15) is 29.1 Å². The first kappa shape index (κ1) is 25.9. The van der Waals surface area contributed by atoms with E-state index < -0.39 is 72.6 Å². The van der Waals surface area contributed by atoms with Gasteiger partial charge >= 0.3 is 23.9 Å². The average molecular weight is 445 g/mol. The van der Waals surface area contributed by atoms with Crippen molar-refractivity contribution in [1.29, 1.82) is 0 Å². The van der Waals surface area contributed by atoms with Crippen LogP contribution >= 0.6 is 0 Å². The predicted molar refractivity (Wildman–Crippen MR) is 101 cm³/mol. The summed E-state index contributed by atoms with van der Waals surface area (Å²) >= 11 is 0. The van der Waals surface area contributed by atoms with Gasteiger partial charge < -0.3 is 33.7 Å². The second kappa shape index (κ2) is 11.3. The Morgan fingerprint density at radius 3 is 2.10 bits per heavy atom. The van der Waals surface area contributed by atoms with Crippen molar-refractivity contribution in [3.63, 3.8) is 0 Å². The molecule has 0 fully saturated rings. The third-order valence-electron chi connectivity index (χ3n) is 4.36. The number of aliphatic hydroxyl groups excluding tert-OH is 1. The van der Waals surface area contributed by atoms with E-state index in [1.807, 2.05) is 0 Å². The minimum absolute atomic E-state index is 0.403. The Hall–Kier alpha value is -3.15. The van der Waals surface area contributed by atoms with Gasteiger partial charge in [0.2, 0.25) is 11.7 Å². The average Bonchev–Trinajstić information content (AvgIpc) is 2.67. The Balaban J connectivity index is 3.51. The van der Waals surface area contributed by atoms with Crippen LogP contribution in [-0.4, -0.2) is 91.0 Å². The molecule has 12 nitrogen and oxygen atoms in total. The second-order valence-electron chi connectivity index (χ2n) is 6.74. The summed E-state index contributed by atoms with van der Waals surface area (Å²) in [6.07, 6.45) is -4.64. The molecule has 1 aliphatic rings. The molecule has 1 rings (SSSR count). The lowest BCUT2D eigenvalue weighted by molar-refractivity contribution is -0.194. The van der Waals surface area contributed by atoms with Crippen molar-refractivity contribution in [1.82, 2.24) is 4.90 Å².